The molecular weight excluding hydrogens is 347 g/mol. The molecule has 2 amide bonds. The minimum atomic E-state index is -4.42. The summed E-state index contributed by atoms with van der Waals surface area (Å²) in [5.74, 6) is -0.853. The van der Waals surface area contributed by atoms with Gasteiger partial charge in [-0.2, -0.15) is 13.2 Å². The molecule has 0 bridgehead atoms. The minimum absolute atomic E-state index is 0. The quantitative estimate of drug-likeness (QED) is 0.799. The second-order valence-corrected chi connectivity index (χ2v) is 6.37. The van der Waals surface area contributed by atoms with Crippen molar-refractivity contribution in [3.8, 4) is 0 Å². The highest BCUT2D eigenvalue weighted by atomic mass is 35.5. The Morgan fingerprint density at radius 2 is 1.92 bits per heavy atom. The first-order valence-corrected chi connectivity index (χ1v) is 8.14. The lowest BCUT2D eigenvalue weighted by Crippen LogP contribution is -2.44. The molecule has 140 valence electrons. The predicted octanol–water partition coefficient (Wildman–Crippen LogP) is 1.67. The van der Waals surface area contributed by atoms with Crippen LogP contribution in [0, 0.1) is 11.8 Å². The zero-order valence-corrected chi connectivity index (χ0v) is 14.6. The van der Waals surface area contributed by atoms with Gasteiger partial charge in [-0.25, -0.2) is 0 Å². The van der Waals surface area contributed by atoms with E-state index in [0.29, 0.717) is 19.0 Å². The Labute approximate surface area is 146 Å². The number of halogens is 4. The fraction of sp³-hybridized carbons (Fsp3) is 0.867. The van der Waals surface area contributed by atoms with Gasteiger partial charge in [-0.1, -0.05) is 6.92 Å². The molecule has 0 aromatic carbocycles. The van der Waals surface area contributed by atoms with Crippen LogP contribution < -0.4 is 5.32 Å². The number of nitrogens with zero attached hydrogens (tertiary/aromatic N) is 2. The number of rotatable bonds is 5. The molecule has 24 heavy (non-hydrogen) atoms. The zero-order valence-electron chi connectivity index (χ0n) is 13.8. The summed E-state index contributed by atoms with van der Waals surface area (Å²) in [6.07, 6.45) is -2.73. The van der Waals surface area contributed by atoms with Gasteiger partial charge in [0.1, 0.15) is 6.54 Å². The smallest absolute Gasteiger partial charge is 0.342 e. The number of hydrogen-bond acceptors (Lipinski definition) is 3. The Bertz CT molecular complexity index is 440. The maximum atomic E-state index is 12.4. The average Bonchev–Trinajstić information content (AvgIpc) is 2.84. The maximum absolute atomic E-state index is 12.4. The third kappa shape index (κ3) is 5.81. The average molecular weight is 372 g/mol. The molecule has 9 heteroatoms. The standard InChI is InChI=1S/C15H24F3N3O2.ClH/c1-2-19-8-11-3-5-20(6-4-11)14(23)12-7-13(22)21(9-12)10-15(16,17)18;/h11-12,19H,2-10H2,1H3;1H. The molecule has 5 nitrogen and oxygen atoms in total. The number of hydrogen-bond donors (Lipinski definition) is 1. The molecule has 1 unspecified atom stereocenters. The molecule has 2 aliphatic heterocycles. The summed E-state index contributed by atoms with van der Waals surface area (Å²) in [7, 11) is 0. The summed E-state index contributed by atoms with van der Waals surface area (Å²) < 4.78 is 37.2. The van der Waals surface area contributed by atoms with Gasteiger partial charge in [-0.3, -0.25) is 9.59 Å². The Kier molecular flexibility index (Phi) is 7.79. The van der Waals surface area contributed by atoms with E-state index < -0.39 is 24.5 Å². The fourth-order valence-electron chi connectivity index (χ4n) is 3.27. The molecule has 0 aromatic rings. The second kappa shape index (κ2) is 8.89. The van der Waals surface area contributed by atoms with Crippen LogP contribution in [0.3, 0.4) is 0 Å². The van der Waals surface area contributed by atoms with E-state index in [0.717, 1.165) is 30.8 Å². The number of carbonyl (C=O) groups is 2. The first-order chi connectivity index (χ1) is 10.8. The Hall–Kier alpha value is -1.02. The molecule has 0 spiro atoms. The first-order valence-electron chi connectivity index (χ1n) is 8.14. The summed E-state index contributed by atoms with van der Waals surface area (Å²) in [6.45, 7) is 3.76. The SMILES string of the molecule is CCNCC1CCN(C(=O)C2CC(=O)N(CC(F)(F)F)C2)CC1.Cl. The summed E-state index contributed by atoms with van der Waals surface area (Å²) in [6, 6.07) is 0. The van der Waals surface area contributed by atoms with E-state index in [1.54, 1.807) is 4.90 Å². The van der Waals surface area contributed by atoms with E-state index >= 15 is 0 Å². The minimum Gasteiger partial charge on any atom is -0.342 e. The molecule has 2 fully saturated rings. The fourth-order valence-corrected chi connectivity index (χ4v) is 3.27. The van der Waals surface area contributed by atoms with Gasteiger partial charge < -0.3 is 15.1 Å². The van der Waals surface area contributed by atoms with Crippen molar-refractivity contribution in [2.45, 2.75) is 32.4 Å². The molecule has 0 aromatic heterocycles. The van der Waals surface area contributed by atoms with E-state index in [1.165, 1.54) is 0 Å². The number of amides is 2. The highest BCUT2D eigenvalue weighted by molar-refractivity contribution is 5.89. The van der Waals surface area contributed by atoms with Crippen LogP contribution in [0.1, 0.15) is 26.2 Å². The Morgan fingerprint density at radius 3 is 2.46 bits per heavy atom. The van der Waals surface area contributed by atoms with Crippen molar-refractivity contribution in [3.05, 3.63) is 0 Å². The predicted molar refractivity (Wildman–Crippen MR) is 85.8 cm³/mol. The second-order valence-electron chi connectivity index (χ2n) is 6.37. The van der Waals surface area contributed by atoms with Crippen LogP contribution in [0.4, 0.5) is 13.2 Å². The van der Waals surface area contributed by atoms with Gasteiger partial charge in [0.05, 0.1) is 5.92 Å². The highest BCUT2D eigenvalue weighted by Gasteiger charge is 2.42. The topological polar surface area (TPSA) is 52.7 Å². The molecule has 0 aliphatic carbocycles. The van der Waals surface area contributed by atoms with Crippen LogP contribution in [0.5, 0.6) is 0 Å². The van der Waals surface area contributed by atoms with Crippen LogP contribution in [-0.2, 0) is 9.59 Å². The lowest BCUT2D eigenvalue weighted by atomic mass is 9.95. The van der Waals surface area contributed by atoms with Gasteiger partial charge in [-0.05, 0) is 31.8 Å². The highest BCUT2D eigenvalue weighted by Crippen LogP contribution is 2.26. The molecule has 0 radical (unpaired) electrons. The van der Waals surface area contributed by atoms with E-state index in [-0.39, 0.29) is 31.3 Å². The van der Waals surface area contributed by atoms with Gasteiger partial charge in [0.2, 0.25) is 11.8 Å². The monoisotopic (exact) mass is 371 g/mol. The lowest BCUT2D eigenvalue weighted by molar-refractivity contribution is -0.157. The van der Waals surface area contributed by atoms with Crippen molar-refractivity contribution in [2.75, 3.05) is 39.3 Å². The third-order valence-corrected chi connectivity index (χ3v) is 4.54. The maximum Gasteiger partial charge on any atom is 0.406 e. The zero-order chi connectivity index (χ0) is 17.0. The summed E-state index contributed by atoms with van der Waals surface area (Å²) >= 11 is 0. The lowest BCUT2D eigenvalue weighted by Gasteiger charge is -2.33. The van der Waals surface area contributed by atoms with E-state index in [9.17, 15) is 22.8 Å². The molecule has 0 saturated carbocycles. The Balaban J connectivity index is 0.00000288. The van der Waals surface area contributed by atoms with Crippen molar-refractivity contribution < 1.29 is 22.8 Å². The van der Waals surface area contributed by atoms with Gasteiger partial charge >= 0.3 is 6.18 Å². The number of likely N-dealkylation sites (tertiary alicyclic amines) is 2. The molecular formula is C15H25ClF3N3O2. The van der Waals surface area contributed by atoms with E-state index in [2.05, 4.69) is 5.32 Å². The van der Waals surface area contributed by atoms with Crippen molar-refractivity contribution in [3.63, 3.8) is 0 Å². The Morgan fingerprint density at radius 1 is 1.29 bits per heavy atom. The number of carbonyl (C=O) groups excluding carboxylic acids is 2. The van der Waals surface area contributed by atoms with Crippen LogP contribution in [-0.4, -0.2) is 67.1 Å². The number of nitrogens with one attached hydrogen (secondary N) is 1. The largest absolute Gasteiger partial charge is 0.406 e. The van der Waals surface area contributed by atoms with Crippen LogP contribution in [0.25, 0.3) is 0 Å². The van der Waals surface area contributed by atoms with Gasteiger partial charge in [0.15, 0.2) is 0 Å². The van der Waals surface area contributed by atoms with Crippen molar-refractivity contribution in [1.29, 1.82) is 0 Å². The van der Waals surface area contributed by atoms with Crippen molar-refractivity contribution >= 4 is 24.2 Å². The van der Waals surface area contributed by atoms with Crippen LogP contribution >= 0.6 is 12.4 Å². The molecule has 1 atom stereocenters. The van der Waals surface area contributed by atoms with Crippen LogP contribution in [0.15, 0.2) is 0 Å². The van der Waals surface area contributed by atoms with Crippen molar-refractivity contribution in [1.82, 2.24) is 15.1 Å². The summed E-state index contributed by atoms with van der Waals surface area (Å²) in [4.78, 5) is 26.6. The van der Waals surface area contributed by atoms with E-state index in [4.69, 9.17) is 0 Å². The van der Waals surface area contributed by atoms with Gasteiger partial charge in [0.25, 0.3) is 0 Å². The molecule has 2 aliphatic rings. The molecule has 2 rings (SSSR count). The number of alkyl halides is 3. The molecule has 1 N–H and O–H groups in total. The summed E-state index contributed by atoms with van der Waals surface area (Å²) in [5.41, 5.74) is 0. The van der Waals surface area contributed by atoms with Crippen molar-refractivity contribution in [2.24, 2.45) is 11.8 Å². The molecule has 2 heterocycles. The normalized spacial score (nSPS) is 22.7. The van der Waals surface area contributed by atoms with Crippen LogP contribution in [0.2, 0.25) is 0 Å². The number of piperidine rings is 1. The van der Waals surface area contributed by atoms with Gasteiger partial charge in [0, 0.05) is 26.1 Å². The molecule has 2 saturated heterocycles. The van der Waals surface area contributed by atoms with Gasteiger partial charge in [-0.15, -0.1) is 12.4 Å². The summed E-state index contributed by atoms with van der Waals surface area (Å²) in [5, 5.41) is 3.29. The third-order valence-electron chi connectivity index (χ3n) is 4.54. The van der Waals surface area contributed by atoms with E-state index in [1.807, 2.05) is 6.92 Å². The first kappa shape index (κ1) is 21.0.